The molecule has 3 aliphatic rings. The zero-order valence-corrected chi connectivity index (χ0v) is 27.1. The van der Waals surface area contributed by atoms with E-state index in [1.165, 1.54) is 6.42 Å². The van der Waals surface area contributed by atoms with E-state index in [9.17, 15) is 0 Å². The molecule has 3 aromatic carbocycles. The molecule has 0 radical (unpaired) electrons. The number of nitrogens with zero attached hydrogens (tertiary/aromatic N) is 1. The minimum absolute atomic E-state index is 0.0611. The average Bonchev–Trinajstić information content (AvgIpc) is 3.50. The summed E-state index contributed by atoms with van der Waals surface area (Å²) in [6.45, 7) is 1.41. The van der Waals surface area contributed by atoms with E-state index in [2.05, 4.69) is 72.8 Å². The number of thioether (sulfide) groups is 3. The molecule has 228 valence electrons. The Morgan fingerprint density at radius 2 is 1.40 bits per heavy atom. The fourth-order valence-corrected chi connectivity index (χ4v) is 9.60. The molecule has 0 spiro atoms. The van der Waals surface area contributed by atoms with Crippen LogP contribution in [0.5, 0.6) is 0 Å². The second kappa shape index (κ2) is 15.3. The zero-order valence-electron chi connectivity index (χ0n) is 24.7. The average molecular weight is 637 g/mol. The third-order valence-electron chi connectivity index (χ3n) is 7.58. The van der Waals surface area contributed by atoms with Gasteiger partial charge in [-0.3, -0.25) is 4.90 Å². The molecule has 5 atom stereocenters. The maximum absolute atomic E-state index is 7.04. The van der Waals surface area contributed by atoms with Crippen molar-refractivity contribution in [1.29, 1.82) is 0 Å². The molecule has 3 heterocycles. The molecule has 9 heteroatoms. The lowest BCUT2D eigenvalue weighted by molar-refractivity contribution is -0.156. The topological polar surface area (TPSA) is 52.2 Å². The van der Waals surface area contributed by atoms with Crippen molar-refractivity contribution in [3.63, 3.8) is 0 Å². The highest BCUT2D eigenvalue weighted by atomic mass is 32.2. The van der Waals surface area contributed by atoms with Crippen molar-refractivity contribution in [1.82, 2.24) is 10.2 Å². The quantitative estimate of drug-likeness (QED) is 0.234. The Morgan fingerprint density at radius 1 is 0.814 bits per heavy atom. The summed E-state index contributed by atoms with van der Waals surface area (Å²) < 4.78 is 27.7. The number of ether oxygens (including phenoxy) is 4. The molecule has 0 amide bonds. The first kappa shape index (κ1) is 30.9. The number of benzene rings is 3. The smallest absolute Gasteiger partial charge is 0.151 e. The Hall–Kier alpha value is -2.11. The van der Waals surface area contributed by atoms with Gasteiger partial charge in [0.05, 0.1) is 23.5 Å². The maximum atomic E-state index is 7.04. The highest BCUT2D eigenvalue weighted by molar-refractivity contribution is 8.17. The van der Waals surface area contributed by atoms with Gasteiger partial charge in [-0.15, -0.1) is 23.5 Å². The van der Waals surface area contributed by atoms with Crippen LogP contribution in [0.3, 0.4) is 0 Å². The van der Waals surface area contributed by atoms with Crippen LogP contribution in [0.4, 0.5) is 0 Å². The molecule has 3 aromatic rings. The van der Waals surface area contributed by atoms with E-state index in [0.29, 0.717) is 19.8 Å². The summed E-state index contributed by atoms with van der Waals surface area (Å²) in [7, 11) is 4.16. The first-order chi connectivity index (χ1) is 21.2. The van der Waals surface area contributed by atoms with Crippen molar-refractivity contribution in [2.24, 2.45) is 0 Å². The van der Waals surface area contributed by atoms with Gasteiger partial charge in [0.25, 0.3) is 0 Å². The van der Waals surface area contributed by atoms with Gasteiger partial charge in [0.2, 0.25) is 0 Å². The summed E-state index contributed by atoms with van der Waals surface area (Å²) >= 11 is 5.70. The molecule has 0 bridgehead atoms. The predicted octanol–water partition coefficient (Wildman–Crippen LogP) is 6.69. The van der Waals surface area contributed by atoms with Crippen molar-refractivity contribution in [2.45, 2.75) is 60.1 Å². The maximum Gasteiger partial charge on any atom is 0.151 e. The molecule has 2 unspecified atom stereocenters. The zero-order chi connectivity index (χ0) is 29.4. The Morgan fingerprint density at radius 3 is 2.00 bits per heavy atom. The SMILES string of the molecule is CN(C)C1NC2=C(OCc3ccccc3)[C@H](OCc3ccccc3)[C@@H](C(OCc3ccccc3)C3SCCCS3)O[C@@H]2S1. The molecule has 3 aliphatic heterocycles. The number of hydrogen-bond donors (Lipinski definition) is 1. The van der Waals surface area contributed by atoms with Crippen molar-refractivity contribution < 1.29 is 18.9 Å². The fourth-order valence-electron chi connectivity index (χ4n) is 5.34. The van der Waals surface area contributed by atoms with Gasteiger partial charge in [-0.1, -0.05) is 103 Å². The van der Waals surface area contributed by atoms with Crippen LogP contribution in [-0.2, 0) is 38.8 Å². The van der Waals surface area contributed by atoms with Crippen LogP contribution in [0.2, 0.25) is 0 Å². The summed E-state index contributed by atoms with van der Waals surface area (Å²) in [5.74, 6) is 3.05. The second-order valence-corrected chi connectivity index (χ2v) is 15.0. The van der Waals surface area contributed by atoms with Gasteiger partial charge < -0.3 is 24.3 Å². The van der Waals surface area contributed by atoms with E-state index < -0.39 is 6.10 Å². The molecule has 2 saturated heterocycles. The number of rotatable bonds is 12. The normalized spacial score (nSPS) is 24.9. The van der Waals surface area contributed by atoms with Gasteiger partial charge in [0.15, 0.2) is 5.76 Å². The largest absolute Gasteiger partial charge is 0.488 e. The summed E-state index contributed by atoms with van der Waals surface area (Å²) in [5.41, 5.74) is 4.19. The lowest BCUT2D eigenvalue weighted by Gasteiger charge is -2.42. The highest BCUT2D eigenvalue weighted by Gasteiger charge is 2.50. The standard InChI is InChI=1S/C34H40N2O4S3/c1-36(2)34-35-27-28(37-21-24-13-6-3-7-14-24)29(38-22-25-15-8-4-9-16-25)30(40-32(27)43-34)31(33-41-19-12-20-42-33)39-23-26-17-10-5-11-18-26/h3-11,13-18,29-35H,12,19-23H2,1-2H3/t29-,30-,31?,32+,34?/m0/s1. The van der Waals surface area contributed by atoms with Crippen LogP contribution < -0.4 is 5.32 Å². The molecule has 0 saturated carbocycles. The minimum Gasteiger partial charge on any atom is -0.488 e. The highest BCUT2D eigenvalue weighted by Crippen LogP contribution is 2.45. The van der Waals surface area contributed by atoms with E-state index in [1.807, 2.05) is 66.0 Å². The number of hydrogen-bond acceptors (Lipinski definition) is 9. The van der Waals surface area contributed by atoms with Crippen molar-refractivity contribution in [2.75, 3.05) is 25.6 Å². The Balaban J connectivity index is 1.35. The summed E-state index contributed by atoms with van der Waals surface area (Å²) in [4.78, 5) is 2.17. The van der Waals surface area contributed by atoms with E-state index in [0.717, 1.165) is 39.7 Å². The van der Waals surface area contributed by atoms with Crippen LogP contribution in [0.15, 0.2) is 102 Å². The van der Waals surface area contributed by atoms with Gasteiger partial charge in [0, 0.05) is 0 Å². The fraction of sp³-hybridized carbons (Fsp3) is 0.412. The van der Waals surface area contributed by atoms with Gasteiger partial charge in [0.1, 0.15) is 35.9 Å². The van der Waals surface area contributed by atoms with Gasteiger partial charge in [-0.2, -0.15) is 0 Å². The minimum atomic E-state index is -0.451. The number of fused-ring (bicyclic) bond motifs is 1. The molecule has 43 heavy (non-hydrogen) atoms. The third kappa shape index (κ3) is 7.95. The van der Waals surface area contributed by atoms with Crippen LogP contribution >= 0.6 is 35.3 Å². The molecular formula is C34H40N2O4S3. The number of nitrogens with one attached hydrogen (secondary N) is 1. The summed E-state index contributed by atoms with van der Waals surface area (Å²) in [6, 6.07) is 31.1. The Kier molecular flexibility index (Phi) is 11.0. The van der Waals surface area contributed by atoms with Crippen LogP contribution in [0.25, 0.3) is 0 Å². The van der Waals surface area contributed by atoms with Crippen LogP contribution in [-0.4, -0.2) is 64.3 Å². The Bertz CT molecular complexity index is 1310. The lowest BCUT2D eigenvalue weighted by atomic mass is 10.0. The molecular weight excluding hydrogens is 597 g/mol. The van der Waals surface area contributed by atoms with E-state index in [1.54, 1.807) is 11.8 Å². The van der Waals surface area contributed by atoms with Gasteiger partial charge in [-0.05, 0) is 48.7 Å². The molecule has 1 N–H and O–H groups in total. The molecule has 6 nitrogen and oxygen atoms in total. The summed E-state index contributed by atoms with van der Waals surface area (Å²) in [5, 5.41) is 3.69. The Labute approximate surface area is 268 Å². The monoisotopic (exact) mass is 636 g/mol. The van der Waals surface area contributed by atoms with Crippen molar-refractivity contribution in [3.8, 4) is 0 Å². The first-order valence-corrected chi connectivity index (χ1v) is 17.9. The molecule has 0 aromatic heterocycles. The van der Waals surface area contributed by atoms with E-state index >= 15 is 0 Å². The molecule has 0 aliphatic carbocycles. The predicted molar refractivity (Wildman–Crippen MR) is 178 cm³/mol. The lowest BCUT2D eigenvalue weighted by Crippen LogP contribution is -2.53. The van der Waals surface area contributed by atoms with Crippen molar-refractivity contribution >= 4 is 35.3 Å². The molecule has 2 fully saturated rings. The van der Waals surface area contributed by atoms with E-state index in [4.69, 9.17) is 18.9 Å². The second-order valence-electron chi connectivity index (χ2n) is 11.0. The van der Waals surface area contributed by atoms with Crippen LogP contribution in [0.1, 0.15) is 23.1 Å². The van der Waals surface area contributed by atoms with E-state index in [-0.39, 0.29) is 27.7 Å². The molecule has 6 rings (SSSR count). The summed E-state index contributed by atoms with van der Waals surface area (Å²) in [6.07, 6.45) is 0.199. The van der Waals surface area contributed by atoms with Gasteiger partial charge in [-0.25, -0.2) is 0 Å². The van der Waals surface area contributed by atoms with Crippen LogP contribution in [0, 0.1) is 0 Å². The first-order valence-electron chi connectivity index (χ1n) is 14.8. The third-order valence-corrected chi connectivity index (χ3v) is 12.0. The van der Waals surface area contributed by atoms with Gasteiger partial charge >= 0.3 is 0 Å². The van der Waals surface area contributed by atoms with Crippen molar-refractivity contribution in [3.05, 3.63) is 119 Å².